The molecule has 2 unspecified atom stereocenters. The number of hydrogen-bond acceptors (Lipinski definition) is 6. The Hall–Kier alpha value is -0.0613. The van der Waals surface area contributed by atoms with Crippen molar-refractivity contribution in [3.8, 4) is 15.5 Å². The fraction of sp³-hybridized carbons (Fsp3) is 0.708. The molecule has 4 aromatic rings. The van der Waals surface area contributed by atoms with Crippen LogP contribution in [0.2, 0.25) is 13.3 Å². The Labute approximate surface area is 396 Å². The summed E-state index contributed by atoms with van der Waals surface area (Å²) in [6.45, 7) is 24.1. The Morgan fingerprint density at radius 3 is 1.58 bits per heavy atom. The fourth-order valence-corrected chi connectivity index (χ4v) is 31.4. The third-order valence-corrected chi connectivity index (χ3v) is 35.1. The van der Waals surface area contributed by atoms with E-state index in [4.69, 9.17) is 4.74 Å². The van der Waals surface area contributed by atoms with Gasteiger partial charge in [-0.15, -0.1) is 0 Å². The van der Waals surface area contributed by atoms with E-state index in [-0.39, 0.29) is 23.8 Å². The first kappa shape index (κ1) is 51.6. The molecule has 1 aliphatic rings. The minimum Gasteiger partial charge on any atom is -0.243 e. The molecule has 4 nitrogen and oxygen atoms in total. The summed E-state index contributed by atoms with van der Waals surface area (Å²) in [4.78, 5) is 4.49. The van der Waals surface area contributed by atoms with Crippen molar-refractivity contribution in [2.75, 3.05) is 0 Å². The number of benzene rings is 1. The molecule has 3 aromatic heterocycles. The predicted molar refractivity (Wildman–Crippen MR) is 271 cm³/mol. The zero-order valence-electron chi connectivity index (χ0n) is 37.9. The average molecular weight is 1190 g/mol. The summed E-state index contributed by atoms with van der Waals surface area (Å²) in [5.74, 6) is 2.52. The van der Waals surface area contributed by atoms with Crippen molar-refractivity contribution in [2.45, 2.75) is 191 Å². The number of ether oxygens (including phenoxy) is 1. The molecule has 5 rings (SSSR count). The van der Waals surface area contributed by atoms with Crippen LogP contribution >= 0.6 is 67.9 Å². The molecule has 0 saturated heterocycles. The molecule has 11 heteroatoms. The van der Waals surface area contributed by atoms with Crippen molar-refractivity contribution in [3.05, 3.63) is 41.3 Å². The molecule has 0 N–H and O–H groups in total. The number of halogens is 4. The summed E-state index contributed by atoms with van der Waals surface area (Å²) in [5.41, 5.74) is 1.96. The predicted octanol–water partition coefficient (Wildman–Crippen LogP) is 17.6. The van der Waals surface area contributed by atoms with E-state index in [0.29, 0.717) is 0 Å². The van der Waals surface area contributed by atoms with Crippen LogP contribution in [-0.4, -0.2) is 28.7 Å². The number of thiophene rings is 2. The van der Waals surface area contributed by atoms with Crippen molar-refractivity contribution >= 4 is 100 Å². The van der Waals surface area contributed by atoms with Crippen molar-refractivity contribution < 1.29 is 18.1 Å². The minimum absolute atomic E-state index is 0.0896. The summed E-state index contributed by atoms with van der Waals surface area (Å²) in [6, 6.07) is 5.22. The van der Waals surface area contributed by atoms with E-state index in [1.165, 1.54) is 118 Å². The molecule has 59 heavy (non-hydrogen) atoms. The van der Waals surface area contributed by atoms with Gasteiger partial charge in [-0.3, -0.25) is 0 Å². The van der Waals surface area contributed by atoms with Crippen LogP contribution in [0.1, 0.15) is 175 Å². The standard InChI is InChI=1S/C30H47OS2.C6F2I2N2O.3C4H9.Sn/c1-21(2)10-8-12-23(5)14-17-30(18-15-24(6)13-9-11-22(3)4)26-16-19-32-28(26)29-27(31-30)20-25(7)33-29;7-1-2(8)4(10)6-5(3(1)9)11-13-12-6;3*1-3-4-2;/h16,20-24H,8-15,17-18H2,1-7H3;;3*1,3-4H2,2H3;. The summed E-state index contributed by atoms with van der Waals surface area (Å²) < 4.78 is 44.8. The number of aryl methyl sites for hydroxylation is 1. The van der Waals surface area contributed by atoms with Gasteiger partial charge in [0.2, 0.25) is 0 Å². The van der Waals surface area contributed by atoms with Crippen LogP contribution in [0.4, 0.5) is 8.78 Å². The second kappa shape index (κ2) is 24.9. The van der Waals surface area contributed by atoms with E-state index in [9.17, 15) is 8.78 Å². The van der Waals surface area contributed by atoms with E-state index in [1.54, 1.807) is 68.9 Å². The van der Waals surface area contributed by atoms with Gasteiger partial charge in [0.25, 0.3) is 0 Å². The third-order valence-electron chi connectivity index (χ3n) is 12.6. The van der Waals surface area contributed by atoms with Gasteiger partial charge in [0, 0.05) is 0 Å². The molecule has 0 spiro atoms. The van der Waals surface area contributed by atoms with Gasteiger partial charge in [0.05, 0.1) is 7.14 Å². The summed E-state index contributed by atoms with van der Waals surface area (Å²) in [6.07, 6.45) is 21.4. The number of rotatable bonds is 24. The van der Waals surface area contributed by atoms with Crippen molar-refractivity contribution in [2.24, 2.45) is 23.7 Å². The van der Waals surface area contributed by atoms with Crippen molar-refractivity contribution in [1.29, 1.82) is 0 Å². The molecule has 0 aliphatic carbocycles. The van der Waals surface area contributed by atoms with Crippen molar-refractivity contribution in [3.63, 3.8) is 0 Å². The second-order valence-corrected chi connectivity index (χ2v) is 37.4. The van der Waals surface area contributed by atoms with Gasteiger partial charge in [0.15, 0.2) is 22.7 Å². The van der Waals surface area contributed by atoms with Crippen LogP contribution in [0.3, 0.4) is 0 Å². The molecular formula is C48H74F2I2N2O2S2Sn. The van der Waals surface area contributed by atoms with Gasteiger partial charge >= 0.3 is 301 Å². The van der Waals surface area contributed by atoms with Crippen LogP contribution in [0.5, 0.6) is 5.75 Å². The minimum atomic E-state index is -2.59. The van der Waals surface area contributed by atoms with Crippen LogP contribution in [0.25, 0.3) is 20.8 Å². The molecule has 2 atom stereocenters. The first-order chi connectivity index (χ1) is 28.1. The van der Waals surface area contributed by atoms with E-state index < -0.39 is 30.0 Å². The van der Waals surface area contributed by atoms with Gasteiger partial charge < -0.3 is 0 Å². The Bertz CT molecular complexity index is 1790. The molecule has 0 fully saturated rings. The first-order valence-corrected chi connectivity index (χ1v) is 34.3. The summed E-state index contributed by atoms with van der Waals surface area (Å²) in [5, 5.41) is 6.95. The van der Waals surface area contributed by atoms with E-state index in [0.717, 1.165) is 23.7 Å². The van der Waals surface area contributed by atoms with Crippen LogP contribution in [0.15, 0.2) is 16.8 Å². The zero-order valence-corrected chi connectivity index (χ0v) is 46.7. The van der Waals surface area contributed by atoms with Gasteiger partial charge in [0.1, 0.15) is 0 Å². The maximum absolute atomic E-state index is 13.1. The first-order valence-electron chi connectivity index (χ1n) is 23.0. The Kier molecular flexibility index (Phi) is 21.7. The second-order valence-electron chi connectivity index (χ2n) is 18.7. The van der Waals surface area contributed by atoms with Gasteiger partial charge in [-0.2, -0.15) is 0 Å². The zero-order chi connectivity index (χ0) is 43.3. The summed E-state index contributed by atoms with van der Waals surface area (Å²) in [7, 11) is 0. The van der Waals surface area contributed by atoms with Gasteiger partial charge in [-0.1, -0.05) is 0 Å². The normalized spacial score (nSPS) is 16.3. The molecular weight excluding hydrogens is 1110 g/mol. The molecule has 0 bridgehead atoms. The molecule has 0 saturated carbocycles. The molecule has 0 radical (unpaired) electrons. The van der Waals surface area contributed by atoms with Gasteiger partial charge in [-0.05, 0) is 55.5 Å². The van der Waals surface area contributed by atoms with E-state index in [2.05, 4.69) is 108 Å². The number of hydrogen-bond donors (Lipinski definition) is 0. The quantitative estimate of drug-likeness (QED) is 0.0304. The number of nitrogens with zero attached hydrogens (tertiary/aromatic N) is 2. The third kappa shape index (κ3) is 14.0. The number of unbranched alkanes of at least 4 members (excludes halogenated alkanes) is 3. The molecule has 1 aromatic carbocycles. The summed E-state index contributed by atoms with van der Waals surface area (Å²) >= 11 is 5.01. The van der Waals surface area contributed by atoms with Crippen LogP contribution < -0.4 is 7.63 Å². The molecule has 332 valence electrons. The maximum atomic E-state index is 13.1. The van der Waals surface area contributed by atoms with Crippen LogP contribution in [0, 0.1) is 49.4 Å². The van der Waals surface area contributed by atoms with Gasteiger partial charge in [-0.25, -0.2) is 13.4 Å². The SMILES string of the molecule is CCC[CH2][Sn]([CH2]CCC)([CH2]CCC)[c]1cc2c(s1)-c1sc(C)cc1OC2(CCC(C)CCCC(C)C)CCC(C)CCCC(C)C.Fc1c(F)c(I)c2nonc2c1I. The number of aromatic nitrogens is 2. The molecule has 4 heterocycles. The Morgan fingerprint density at radius 1 is 0.661 bits per heavy atom. The average Bonchev–Trinajstić information content (AvgIpc) is 3.97. The molecule has 0 amide bonds. The smallest absolute Gasteiger partial charge is 0.243 e. The van der Waals surface area contributed by atoms with E-state index >= 15 is 0 Å². The monoisotopic (exact) mass is 1190 g/mol. The topological polar surface area (TPSA) is 48.2 Å². The van der Waals surface area contributed by atoms with E-state index in [1.807, 2.05) is 14.2 Å². The number of fused-ring (bicyclic) bond motifs is 4. The van der Waals surface area contributed by atoms with Crippen LogP contribution in [-0.2, 0) is 5.60 Å². The van der Waals surface area contributed by atoms with Crippen molar-refractivity contribution in [1.82, 2.24) is 10.3 Å². The Balaban J connectivity index is 0.000000496. The fourth-order valence-electron chi connectivity index (χ4n) is 8.81. The molecule has 1 aliphatic heterocycles. The Morgan fingerprint density at radius 2 is 1.14 bits per heavy atom.